The average molecular weight is 431 g/mol. The van der Waals surface area contributed by atoms with Gasteiger partial charge < -0.3 is 15.5 Å². The van der Waals surface area contributed by atoms with Crippen molar-refractivity contribution < 1.29 is 14.5 Å². The third-order valence-corrected chi connectivity index (χ3v) is 5.39. The molecule has 1 atom stereocenters. The normalized spacial score (nSPS) is 15.4. The van der Waals surface area contributed by atoms with Crippen LogP contribution in [-0.2, 0) is 4.79 Å². The average Bonchev–Trinajstić information content (AvgIpc) is 2.70. The lowest BCUT2D eigenvalue weighted by Gasteiger charge is -2.34. The molecule has 0 aromatic heterocycles. The second-order valence-electron chi connectivity index (χ2n) is 6.50. The fraction of sp³-hybridized carbons (Fsp3) is 0.556. The van der Waals surface area contributed by atoms with Crippen molar-refractivity contribution in [2.75, 3.05) is 32.1 Å². The van der Waals surface area contributed by atoms with E-state index >= 15 is 0 Å². The van der Waals surface area contributed by atoms with Crippen molar-refractivity contribution in [1.29, 1.82) is 0 Å². The number of rotatable bonds is 8. The molecule has 0 spiro atoms. The maximum Gasteiger partial charge on any atom is 0.270 e. The summed E-state index contributed by atoms with van der Waals surface area (Å²) in [5.41, 5.74) is 0.0313. The Morgan fingerprint density at radius 2 is 2.04 bits per heavy atom. The van der Waals surface area contributed by atoms with E-state index in [1.165, 1.54) is 24.3 Å². The SMILES string of the molecule is CNC1CCN(C(=O)C(CCSC)NC(=O)c2cccc([N+](=O)[O-])c2)CC1.Cl. The van der Waals surface area contributed by atoms with Crippen LogP contribution in [0.1, 0.15) is 29.6 Å². The molecule has 0 aliphatic carbocycles. The molecule has 1 aliphatic rings. The number of likely N-dealkylation sites (tertiary alicyclic amines) is 1. The van der Waals surface area contributed by atoms with E-state index in [0.29, 0.717) is 25.6 Å². The molecule has 2 N–H and O–H groups in total. The van der Waals surface area contributed by atoms with Crippen molar-refractivity contribution in [3.05, 3.63) is 39.9 Å². The number of piperidine rings is 1. The zero-order chi connectivity index (χ0) is 19.8. The Morgan fingerprint density at radius 3 is 2.61 bits per heavy atom. The van der Waals surface area contributed by atoms with Crippen LogP contribution in [0, 0.1) is 10.1 Å². The van der Waals surface area contributed by atoms with Crippen molar-refractivity contribution >= 4 is 41.7 Å². The Hall–Kier alpha value is -1.84. The summed E-state index contributed by atoms with van der Waals surface area (Å²) in [5.74, 6) is 0.180. The van der Waals surface area contributed by atoms with Crippen LogP contribution in [0.3, 0.4) is 0 Å². The van der Waals surface area contributed by atoms with E-state index in [-0.39, 0.29) is 29.6 Å². The Kier molecular flexibility index (Phi) is 10.3. The molecule has 8 nitrogen and oxygen atoms in total. The molecule has 1 aliphatic heterocycles. The van der Waals surface area contributed by atoms with Crippen molar-refractivity contribution in [3.63, 3.8) is 0 Å². The van der Waals surface area contributed by atoms with Crippen LogP contribution in [0.4, 0.5) is 5.69 Å². The lowest BCUT2D eigenvalue weighted by Crippen LogP contribution is -2.52. The Bertz CT molecular complexity index is 683. The van der Waals surface area contributed by atoms with Crippen molar-refractivity contribution in [2.45, 2.75) is 31.3 Å². The second-order valence-corrected chi connectivity index (χ2v) is 7.49. The van der Waals surface area contributed by atoms with Crippen LogP contribution in [0.25, 0.3) is 0 Å². The second kappa shape index (κ2) is 11.9. The van der Waals surface area contributed by atoms with E-state index in [1.54, 1.807) is 16.7 Å². The summed E-state index contributed by atoms with van der Waals surface area (Å²) in [6.45, 7) is 1.32. The first-order chi connectivity index (χ1) is 13.0. The molecule has 156 valence electrons. The molecule has 0 bridgehead atoms. The highest BCUT2D eigenvalue weighted by Gasteiger charge is 2.29. The Labute approximate surface area is 175 Å². The van der Waals surface area contributed by atoms with Gasteiger partial charge >= 0.3 is 0 Å². The number of carbonyl (C=O) groups excluding carboxylic acids is 2. The fourth-order valence-corrected chi connectivity index (χ4v) is 3.58. The van der Waals surface area contributed by atoms with Crippen molar-refractivity contribution in [2.24, 2.45) is 0 Å². The van der Waals surface area contributed by atoms with E-state index in [2.05, 4.69) is 10.6 Å². The number of thioether (sulfide) groups is 1. The van der Waals surface area contributed by atoms with E-state index < -0.39 is 16.9 Å². The van der Waals surface area contributed by atoms with Gasteiger partial charge in [-0.05, 0) is 44.4 Å². The molecule has 0 saturated carbocycles. The topological polar surface area (TPSA) is 105 Å². The Morgan fingerprint density at radius 1 is 1.36 bits per heavy atom. The van der Waals surface area contributed by atoms with Crippen LogP contribution in [0.5, 0.6) is 0 Å². The molecule has 1 heterocycles. The number of non-ortho nitro benzene ring substituents is 1. The molecule has 1 fully saturated rings. The molecular weight excluding hydrogens is 404 g/mol. The van der Waals surface area contributed by atoms with Gasteiger partial charge in [-0.15, -0.1) is 12.4 Å². The number of hydrogen-bond acceptors (Lipinski definition) is 6. The minimum absolute atomic E-state index is 0. The lowest BCUT2D eigenvalue weighted by molar-refractivity contribution is -0.384. The van der Waals surface area contributed by atoms with Gasteiger partial charge in [0.05, 0.1) is 4.92 Å². The minimum Gasteiger partial charge on any atom is -0.341 e. The van der Waals surface area contributed by atoms with E-state index in [0.717, 1.165) is 18.6 Å². The highest BCUT2D eigenvalue weighted by molar-refractivity contribution is 7.98. The summed E-state index contributed by atoms with van der Waals surface area (Å²) in [4.78, 5) is 37.6. The first kappa shape index (κ1) is 24.2. The van der Waals surface area contributed by atoms with Gasteiger partial charge in [0.2, 0.25) is 5.91 Å². The number of nitro groups is 1. The third-order valence-electron chi connectivity index (χ3n) is 4.75. The highest BCUT2D eigenvalue weighted by atomic mass is 35.5. The Balaban J connectivity index is 0.00000392. The summed E-state index contributed by atoms with van der Waals surface area (Å²) < 4.78 is 0. The van der Waals surface area contributed by atoms with Gasteiger partial charge in [0, 0.05) is 36.8 Å². The molecule has 1 saturated heterocycles. The van der Waals surface area contributed by atoms with Gasteiger partial charge in [-0.2, -0.15) is 11.8 Å². The van der Waals surface area contributed by atoms with Crippen LogP contribution in [0.15, 0.2) is 24.3 Å². The summed E-state index contributed by atoms with van der Waals surface area (Å²) in [6.07, 6.45) is 4.24. The highest BCUT2D eigenvalue weighted by Crippen LogP contribution is 2.16. The molecule has 2 rings (SSSR count). The number of nitrogens with one attached hydrogen (secondary N) is 2. The van der Waals surface area contributed by atoms with Gasteiger partial charge in [0.1, 0.15) is 6.04 Å². The molecule has 1 unspecified atom stereocenters. The number of nitro benzene ring substituents is 1. The van der Waals surface area contributed by atoms with Crippen LogP contribution < -0.4 is 10.6 Å². The standard InChI is InChI=1S/C18H26N4O4S.ClH/c1-19-14-6-9-21(10-7-14)18(24)16(8-11-27-2)20-17(23)13-4-3-5-15(12-13)22(25)26;/h3-5,12,14,16,19H,6-11H2,1-2H3,(H,20,23);1H. The first-order valence-electron chi connectivity index (χ1n) is 8.96. The minimum atomic E-state index is -0.629. The summed E-state index contributed by atoms with van der Waals surface area (Å²) in [6, 6.07) is 5.32. The number of hydrogen-bond donors (Lipinski definition) is 2. The van der Waals surface area contributed by atoms with E-state index in [9.17, 15) is 19.7 Å². The maximum atomic E-state index is 12.9. The van der Waals surface area contributed by atoms with Crippen LogP contribution in [-0.4, -0.2) is 65.9 Å². The lowest BCUT2D eigenvalue weighted by atomic mass is 10.0. The molecular formula is C18H27ClN4O4S. The molecule has 28 heavy (non-hydrogen) atoms. The van der Waals surface area contributed by atoms with Gasteiger partial charge in [-0.25, -0.2) is 0 Å². The summed E-state index contributed by atoms with van der Waals surface area (Å²) in [5, 5.41) is 16.9. The van der Waals surface area contributed by atoms with E-state index in [1.807, 2.05) is 13.3 Å². The van der Waals surface area contributed by atoms with Crippen LogP contribution >= 0.6 is 24.2 Å². The molecule has 10 heteroatoms. The molecule has 2 amide bonds. The van der Waals surface area contributed by atoms with Gasteiger partial charge in [0.15, 0.2) is 0 Å². The maximum absolute atomic E-state index is 12.9. The zero-order valence-corrected chi connectivity index (χ0v) is 17.7. The molecule has 1 aromatic carbocycles. The van der Waals surface area contributed by atoms with Crippen LogP contribution in [0.2, 0.25) is 0 Å². The van der Waals surface area contributed by atoms with Crippen molar-refractivity contribution in [3.8, 4) is 0 Å². The molecule has 1 aromatic rings. The number of nitrogens with zero attached hydrogens (tertiary/aromatic N) is 2. The van der Waals surface area contributed by atoms with E-state index in [4.69, 9.17) is 0 Å². The number of benzene rings is 1. The summed E-state index contributed by atoms with van der Waals surface area (Å²) in [7, 11) is 1.92. The quantitative estimate of drug-likeness (QED) is 0.483. The van der Waals surface area contributed by atoms with Gasteiger partial charge in [-0.3, -0.25) is 19.7 Å². The number of carbonyl (C=O) groups is 2. The zero-order valence-electron chi connectivity index (χ0n) is 16.1. The van der Waals surface area contributed by atoms with Crippen molar-refractivity contribution in [1.82, 2.24) is 15.5 Å². The van der Waals surface area contributed by atoms with Gasteiger partial charge in [-0.1, -0.05) is 6.07 Å². The predicted octanol–water partition coefficient (Wildman–Crippen LogP) is 2.08. The largest absolute Gasteiger partial charge is 0.341 e. The smallest absolute Gasteiger partial charge is 0.270 e. The first-order valence-corrected chi connectivity index (χ1v) is 10.4. The number of amides is 2. The van der Waals surface area contributed by atoms with Gasteiger partial charge in [0.25, 0.3) is 11.6 Å². The number of halogens is 1. The monoisotopic (exact) mass is 430 g/mol. The molecule has 0 radical (unpaired) electrons. The summed E-state index contributed by atoms with van der Waals surface area (Å²) >= 11 is 1.61. The third kappa shape index (κ3) is 6.65. The fourth-order valence-electron chi connectivity index (χ4n) is 3.10. The predicted molar refractivity (Wildman–Crippen MR) is 113 cm³/mol.